The Kier molecular flexibility index (Phi) is 14.5. The van der Waals surface area contributed by atoms with Gasteiger partial charge < -0.3 is 29.4 Å². The van der Waals surface area contributed by atoms with Crippen LogP contribution < -0.4 is 0 Å². The molecule has 0 fully saturated rings. The van der Waals surface area contributed by atoms with Crippen LogP contribution in [0.3, 0.4) is 0 Å². The molecule has 0 bridgehead atoms. The zero-order chi connectivity index (χ0) is 17.9. The van der Waals surface area contributed by atoms with Crippen LogP contribution in [0.1, 0.15) is 11.1 Å². The zero-order valence-corrected chi connectivity index (χ0v) is 18.8. The average molecular weight is 461 g/mol. The van der Waals surface area contributed by atoms with Gasteiger partial charge in [-0.2, -0.15) is 0 Å². The molecule has 0 unspecified atom stereocenters. The summed E-state index contributed by atoms with van der Waals surface area (Å²) < 4.78 is 0. The molecule has 130 valence electrons. The van der Waals surface area contributed by atoms with E-state index in [-0.39, 0.29) is 19.5 Å². The first-order valence-corrected chi connectivity index (χ1v) is 11.3. The van der Waals surface area contributed by atoms with Gasteiger partial charge in [0, 0.05) is 19.5 Å². The second-order valence-corrected chi connectivity index (χ2v) is 8.98. The predicted octanol–water partition coefficient (Wildman–Crippen LogP) is 1.66. The normalized spacial score (nSPS) is 10.1. The Hall–Kier alpha value is -0.00662. The van der Waals surface area contributed by atoms with Crippen LogP contribution in [-0.4, -0.2) is 29.4 Å². The van der Waals surface area contributed by atoms with Crippen molar-refractivity contribution < 1.29 is 48.8 Å². The Morgan fingerprint density at radius 2 is 0.792 bits per heavy atom. The molecular formula is C13H17O6P2S2Zn-. The molecule has 6 nitrogen and oxygen atoms in total. The van der Waals surface area contributed by atoms with Crippen molar-refractivity contribution in [3.63, 3.8) is 0 Å². The zero-order valence-electron chi connectivity index (χ0n) is 12.5. The van der Waals surface area contributed by atoms with E-state index >= 15 is 0 Å². The minimum absolute atomic E-state index is 0. The van der Waals surface area contributed by atoms with Crippen molar-refractivity contribution in [3.8, 4) is 0 Å². The van der Waals surface area contributed by atoms with Crippen molar-refractivity contribution in [2.45, 2.75) is 0 Å². The molecule has 24 heavy (non-hydrogen) atoms. The molecule has 11 heteroatoms. The van der Waals surface area contributed by atoms with Crippen LogP contribution in [0.5, 0.6) is 0 Å². The fourth-order valence-corrected chi connectivity index (χ4v) is 1.29. The molecule has 0 saturated carbocycles. The molecule has 2 aromatic rings. The molecule has 2 aromatic carbocycles. The third-order valence-electron chi connectivity index (χ3n) is 1.93. The number of hydrogen-bond donors (Lipinski definition) is 6. The van der Waals surface area contributed by atoms with E-state index in [1.807, 2.05) is 12.1 Å². The SMILES string of the molecule is OP(O)(O)=S.OP(O)(O)=S.[Zn].c1ccc([CH-]c2ccccc2)cc1. The maximum absolute atomic E-state index is 7.56. The van der Waals surface area contributed by atoms with E-state index in [4.69, 9.17) is 29.4 Å². The van der Waals surface area contributed by atoms with Crippen LogP contribution >= 0.6 is 13.4 Å². The second-order valence-electron chi connectivity index (χ2n) is 3.99. The van der Waals surface area contributed by atoms with E-state index < -0.39 is 13.4 Å². The summed E-state index contributed by atoms with van der Waals surface area (Å²) in [5.41, 5.74) is 2.49. The summed E-state index contributed by atoms with van der Waals surface area (Å²) in [4.78, 5) is 45.3. The topological polar surface area (TPSA) is 121 Å². The third-order valence-corrected chi connectivity index (χ3v) is 1.93. The van der Waals surface area contributed by atoms with Crippen molar-refractivity contribution >= 4 is 37.1 Å². The van der Waals surface area contributed by atoms with E-state index in [2.05, 4.69) is 78.6 Å². The minimum Gasteiger partial charge on any atom is -0.325 e. The molecule has 0 aromatic heterocycles. The van der Waals surface area contributed by atoms with Gasteiger partial charge in [-0.05, 0) is 23.6 Å². The van der Waals surface area contributed by atoms with Crippen molar-refractivity contribution in [1.29, 1.82) is 0 Å². The number of rotatable bonds is 2. The van der Waals surface area contributed by atoms with E-state index in [1.54, 1.807) is 0 Å². The van der Waals surface area contributed by atoms with Crippen molar-refractivity contribution in [1.82, 2.24) is 0 Å². The summed E-state index contributed by atoms with van der Waals surface area (Å²) in [5, 5.41) is 0. The molecule has 2 rings (SSSR count). The summed E-state index contributed by atoms with van der Waals surface area (Å²) in [6.07, 6.45) is 2.17. The maximum Gasteiger partial charge on any atom is 0.319 e. The minimum atomic E-state index is -3.81. The van der Waals surface area contributed by atoms with Crippen LogP contribution in [0.4, 0.5) is 0 Å². The second kappa shape index (κ2) is 13.2. The molecule has 0 aliphatic carbocycles. The van der Waals surface area contributed by atoms with E-state index in [0.29, 0.717) is 0 Å². The molecule has 0 saturated heterocycles. The first kappa shape index (κ1) is 26.2. The summed E-state index contributed by atoms with van der Waals surface area (Å²) in [5.74, 6) is 0. The van der Waals surface area contributed by atoms with Gasteiger partial charge in [0.2, 0.25) is 0 Å². The molecule has 0 heterocycles. The van der Waals surface area contributed by atoms with Crippen molar-refractivity contribution in [2.24, 2.45) is 0 Å². The smallest absolute Gasteiger partial charge is 0.319 e. The molecule has 0 radical (unpaired) electrons. The number of hydrogen-bond acceptors (Lipinski definition) is 2. The number of benzene rings is 2. The van der Waals surface area contributed by atoms with Gasteiger partial charge in [-0.1, -0.05) is 36.4 Å². The fraction of sp³-hybridized carbons (Fsp3) is 0. The fourth-order valence-electron chi connectivity index (χ4n) is 1.29. The monoisotopic (exact) mass is 459 g/mol. The van der Waals surface area contributed by atoms with E-state index in [9.17, 15) is 0 Å². The first-order chi connectivity index (χ1) is 10.4. The molecular weight excluding hydrogens is 444 g/mol. The van der Waals surface area contributed by atoms with Gasteiger partial charge in [-0.3, -0.25) is 0 Å². The van der Waals surface area contributed by atoms with Gasteiger partial charge in [-0.25, -0.2) is 0 Å². The van der Waals surface area contributed by atoms with Crippen molar-refractivity contribution in [3.05, 3.63) is 78.2 Å². The van der Waals surface area contributed by atoms with Crippen LogP contribution in [0, 0.1) is 6.42 Å². The summed E-state index contributed by atoms with van der Waals surface area (Å²) >= 11 is 7.21. The van der Waals surface area contributed by atoms with Crippen LogP contribution in [0.15, 0.2) is 60.7 Å². The van der Waals surface area contributed by atoms with Gasteiger partial charge >= 0.3 is 13.4 Å². The summed E-state index contributed by atoms with van der Waals surface area (Å²) in [6.45, 7) is -7.61. The molecule has 0 aliphatic rings. The van der Waals surface area contributed by atoms with Gasteiger partial charge in [0.15, 0.2) is 0 Å². The molecule has 6 N–H and O–H groups in total. The van der Waals surface area contributed by atoms with Crippen molar-refractivity contribution in [2.75, 3.05) is 0 Å². The van der Waals surface area contributed by atoms with Gasteiger partial charge in [0.1, 0.15) is 0 Å². The molecule has 0 atom stereocenters. The quantitative estimate of drug-likeness (QED) is 0.227. The maximum atomic E-state index is 7.56. The predicted molar refractivity (Wildman–Crippen MR) is 97.3 cm³/mol. The average Bonchev–Trinajstić information content (AvgIpc) is 2.37. The van der Waals surface area contributed by atoms with E-state index in [1.165, 1.54) is 11.1 Å². The van der Waals surface area contributed by atoms with Crippen LogP contribution in [0.25, 0.3) is 0 Å². The Balaban J connectivity index is 0. The Morgan fingerprint density at radius 1 is 0.583 bits per heavy atom. The Bertz CT molecular complexity index is 574. The Morgan fingerprint density at radius 3 is 1.00 bits per heavy atom. The van der Waals surface area contributed by atoms with Gasteiger partial charge in [0.05, 0.1) is 0 Å². The third kappa shape index (κ3) is 24.2. The standard InChI is InChI=1S/C13H11.2H3O3PS.Zn/c1-3-7-12(8-4-1)11-13-9-5-2-6-10-13;2*1-4(2,3)5;/h1-11H;2*(H3,1,2,3,5);/q-1;;;. The molecule has 0 spiro atoms. The first-order valence-electron chi connectivity index (χ1n) is 5.96. The Labute approximate surface area is 163 Å². The molecule has 0 aliphatic heterocycles. The van der Waals surface area contributed by atoms with Crippen LogP contribution in [-0.2, 0) is 43.1 Å². The van der Waals surface area contributed by atoms with Gasteiger partial charge in [-0.15, -0.1) is 41.8 Å². The summed E-state index contributed by atoms with van der Waals surface area (Å²) in [7, 11) is 0. The van der Waals surface area contributed by atoms with Gasteiger partial charge in [0.25, 0.3) is 0 Å². The molecule has 0 amide bonds. The largest absolute Gasteiger partial charge is 0.325 e. The summed E-state index contributed by atoms with van der Waals surface area (Å²) in [6, 6.07) is 20.7. The van der Waals surface area contributed by atoms with E-state index in [0.717, 1.165) is 0 Å². The van der Waals surface area contributed by atoms with Crippen LogP contribution in [0.2, 0.25) is 0 Å².